The largest absolute Gasteiger partial charge is 0.490 e. The molecule has 0 bridgehead atoms. The Kier molecular flexibility index (Phi) is 7.12. The molecule has 2 aromatic rings. The summed E-state index contributed by atoms with van der Waals surface area (Å²) in [7, 11) is 0. The third-order valence-corrected chi connectivity index (χ3v) is 4.72. The molecule has 1 aliphatic heterocycles. The lowest BCUT2D eigenvalue weighted by Crippen LogP contribution is -2.31. The number of benzene rings is 1. The van der Waals surface area contributed by atoms with Crippen molar-refractivity contribution in [3.63, 3.8) is 0 Å². The van der Waals surface area contributed by atoms with E-state index in [1.807, 2.05) is 30.5 Å². The molecule has 1 atom stereocenters. The van der Waals surface area contributed by atoms with Gasteiger partial charge in [-0.1, -0.05) is 19.9 Å². The second-order valence-corrected chi connectivity index (χ2v) is 7.19. The summed E-state index contributed by atoms with van der Waals surface area (Å²) in [5.41, 5.74) is 2.14. The van der Waals surface area contributed by atoms with Crippen molar-refractivity contribution in [2.75, 3.05) is 31.6 Å². The Hall–Kier alpha value is -2.76. The van der Waals surface area contributed by atoms with Crippen LogP contribution in [0.4, 0.5) is 5.69 Å². The summed E-state index contributed by atoms with van der Waals surface area (Å²) in [5.74, 6) is 3.10. The molecule has 2 N–H and O–H groups in total. The Labute approximate surface area is 167 Å². The fourth-order valence-electron chi connectivity index (χ4n) is 3.17. The number of anilines is 1. The van der Waals surface area contributed by atoms with Crippen LogP contribution in [-0.2, 0) is 0 Å². The van der Waals surface area contributed by atoms with Crippen LogP contribution in [-0.4, -0.2) is 37.2 Å². The summed E-state index contributed by atoms with van der Waals surface area (Å²) in [6, 6.07) is 10.0. The zero-order valence-corrected chi connectivity index (χ0v) is 16.9. The third-order valence-electron chi connectivity index (χ3n) is 4.72. The van der Waals surface area contributed by atoms with Crippen LogP contribution in [0, 0.1) is 5.92 Å². The Bertz CT molecular complexity index is 777. The van der Waals surface area contributed by atoms with Gasteiger partial charge in [0.25, 0.3) is 0 Å². The number of guanidine groups is 1. The van der Waals surface area contributed by atoms with Crippen LogP contribution in [0.5, 0.6) is 11.5 Å². The fourth-order valence-corrected chi connectivity index (χ4v) is 3.17. The lowest BCUT2D eigenvalue weighted by molar-refractivity contribution is 0.297. The van der Waals surface area contributed by atoms with Gasteiger partial charge in [0.2, 0.25) is 0 Å². The molecule has 0 radical (unpaired) electrons. The highest BCUT2D eigenvalue weighted by Crippen LogP contribution is 2.32. The number of hydrogen-bond donors (Lipinski definition) is 2. The van der Waals surface area contributed by atoms with Gasteiger partial charge in [0.05, 0.1) is 13.2 Å². The number of hydrogen-bond acceptors (Lipinski definition) is 4. The van der Waals surface area contributed by atoms with E-state index in [1.54, 1.807) is 6.20 Å². The highest BCUT2D eigenvalue weighted by Gasteiger charge is 2.16. The van der Waals surface area contributed by atoms with Gasteiger partial charge in [0.1, 0.15) is 0 Å². The van der Waals surface area contributed by atoms with Crippen molar-refractivity contribution in [3.8, 4) is 11.5 Å². The molecule has 0 spiro atoms. The van der Waals surface area contributed by atoms with Gasteiger partial charge in [0.15, 0.2) is 17.5 Å². The second-order valence-electron chi connectivity index (χ2n) is 7.19. The maximum Gasteiger partial charge on any atom is 0.195 e. The minimum atomic E-state index is 0.313. The van der Waals surface area contributed by atoms with E-state index >= 15 is 0 Å². The van der Waals surface area contributed by atoms with E-state index in [9.17, 15) is 0 Å². The van der Waals surface area contributed by atoms with Gasteiger partial charge < -0.3 is 20.1 Å². The third kappa shape index (κ3) is 5.38. The first-order chi connectivity index (χ1) is 13.7. The molecule has 6 nitrogen and oxygen atoms in total. The molecule has 3 rings (SSSR count). The number of aliphatic imine (C=N–C) groups is 1. The average molecular weight is 383 g/mol. The lowest BCUT2D eigenvalue weighted by Gasteiger charge is -2.20. The average Bonchev–Trinajstić information content (AvgIpc) is 2.94. The predicted octanol–water partition coefficient (Wildman–Crippen LogP) is 4.06. The van der Waals surface area contributed by atoms with E-state index in [4.69, 9.17) is 14.5 Å². The van der Waals surface area contributed by atoms with Crippen molar-refractivity contribution in [1.82, 2.24) is 10.3 Å². The molecule has 1 unspecified atom stereocenters. The Morgan fingerprint density at radius 2 is 2.00 bits per heavy atom. The minimum absolute atomic E-state index is 0.313. The van der Waals surface area contributed by atoms with Crippen LogP contribution in [0.3, 0.4) is 0 Å². The number of rotatable bonds is 6. The van der Waals surface area contributed by atoms with Crippen molar-refractivity contribution in [2.24, 2.45) is 10.9 Å². The van der Waals surface area contributed by atoms with Gasteiger partial charge in [-0.3, -0.25) is 9.98 Å². The van der Waals surface area contributed by atoms with Gasteiger partial charge in [0, 0.05) is 49.6 Å². The van der Waals surface area contributed by atoms with Gasteiger partial charge in [-0.15, -0.1) is 0 Å². The van der Waals surface area contributed by atoms with Crippen LogP contribution in [0.25, 0.3) is 0 Å². The quantitative estimate of drug-likeness (QED) is 0.582. The predicted molar refractivity (Wildman–Crippen MR) is 113 cm³/mol. The van der Waals surface area contributed by atoms with E-state index in [2.05, 4.69) is 42.5 Å². The van der Waals surface area contributed by atoms with Crippen molar-refractivity contribution >= 4 is 11.6 Å². The highest BCUT2D eigenvalue weighted by molar-refractivity contribution is 5.94. The standard InChI is InChI=1S/C22H30N4O2/c1-4-24-22(25-15-19(16(2)3)17-7-5-10-23-14-17)26-18-8-9-20-21(13-18)28-12-6-11-27-20/h5,7-10,13-14,16,19H,4,6,11-12,15H2,1-3H3,(H2,24,25,26). The van der Waals surface area contributed by atoms with E-state index in [-0.39, 0.29) is 0 Å². The number of ether oxygens (including phenoxy) is 2. The summed E-state index contributed by atoms with van der Waals surface area (Å²) in [6.45, 7) is 9.33. The van der Waals surface area contributed by atoms with Gasteiger partial charge in [-0.25, -0.2) is 0 Å². The molecular formula is C22H30N4O2. The molecule has 0 fully saturated rings. The minimum Gasteiger partial charge on any atom is -0.490 e. The molecule has 0 saturated carbocycles. The summed E-state index contributed by atoms with van der Waals surface area (Å²) < 4.78 is 11.5. The number of nitrogens with zero attached hydrogens (tertiary/aromatic N) is 2. The topological polar surface area (TPSA) is 67.8 Å². The van der Waals surface area contributed by atoms with Crippen molar-refractivity contribution in [1.29, 1.82) is 0 Å². The Balaban J connectivity index is 1.74. The number of fused-ring (bicyclic) bond motifs is 1. The summed E-state index contributed by atoms with van der Waals surface area (Å²) in [5, 5.41) is 6.70. The lowest BCUT2D eigenvalue weighted by atomic mass is 9.89. The second kappa shape index (κ2) is 9.97. The smallest absolute Gasteiger partial charge is 0.195 e. The molecule has 1 aromatic carbocycles. The molecule has 150 valence electrons. The summed E-state index contributed by atoms with van der Waals surface area (Å²) >= 11 is 0. The number of aromatic nitrogens is 1. The number of pyridine rings is 1. The van der Waals surface area contributed by atoms with Crippen molar-refractivity contribution in [3.05, 3.63) is 48.3 Å². The molecule has 28 heavy (non-hydrogen) atoms. The molecule has 1 aromatic heterocycles. The van der Waals surface area contributed by atoms with Gasteiger partial charge in [-0.2, -0.15) is 0 Å². The molecular weight excluding hydrogens is 352 g/mol. The highest BCUT2D eigenvalue weighted by atomic mass is 16.5. The normalized spacial score (nSPS) is 15.1. The molecule has 0 aliphatic carbocycles. The van der Waals surface area contributed by atoms with Crippen LogP contribution in [0.2, 0.25) is 0 Å². The summed E-state index contributed by atoms with van der Waals surface area (Å²) in [4.78, 5) is 9.09. The molecule has 2 heterocycles. The zero-order chi connectivity index (χ0) is 19.8. The Morgan fingerprint density at radius 3 is 2.71 bits per heavy atom. The van der Waals surface area contributed by atoms with E-state index in [1.165, 1.54) is 5.56 Å². The van der Waals surface area contributed by atoms with Crippen LogP contribution in [0.15, 0.2) is 47.7 Å². The maximum absolute atomic E-state index is 5.79. The Morgan fingerprint density at radius 1 is 1.18 bits per heavy atom. The molecule has 1 aliphatic rings. The van der Waals surface area contributed by atoms with Gasteiger partial charge in [-0.05, 0) is 36.6 Å². The molecule has 6 heteroatoms. The van der Waals surface area contributed by atoms with Crippen molar-refractivity contribution < 1.29 is 9.47 Å². The fraction of sp³-hybridized carbons (Fsp3) is 0.455. The monoisotopic (exact) mass is 382 g/mol. The summed E-state index contributed by atoms with van der Waals surface area (Å²) in [6.07, 6.45) is 4.64. The van der Waals surface area contributed by atoms with Crippen LogP contribution in [0.1, 0.15) is 38.7 Å². The van der Waals surface area contributed by atoms with E-state index in [0.29, 0.717) is 31.6 Å². The zero-order valence-electron chi connectivity index (χ0n) is 16.9. The maximum atomic E-state index is 5.79. The van der Waals surface area contributed by atoms with E-state index in [0.717, 1.165) is 36.1 Å². The van der Waals surface area contributed by atoms with Crippen LogP contribution < -0.4 is 20.1 Å². The number of nitrogens with one attached hydrogen (secondary N) is 2. The SMILES string of the molecule is CCNC(=NCC(c1cccnc1)C(C)C)Nc1ccc2c(c1)OCCCO2. The first kappa shape index (κ1) is 20.0. The first-order valence-corrected chi connectivity index (χ1v) is 10.0. The molecule has 0 saturated heterocycles. The van der Waals surface area contributed by atoms with Crippen molar-refractivity contribution in [2.45, 2.75) is 33.1 Å². The first-order valence-electron chi connectivity index (χ1n) is 10.0. The van der Waals surface area contributed by atoms with Crippen LogP contribution >= 0.6 is 0 Å². The van der Waals surface area contributed by atoms with E-state index < -0.39 is 0 Å². The molecule has 0 amide bonds. The van der Waals surface area contributed by atoms with Gasteiger partial charge >= 0.3 is 0 Å².